The smallest absolute Gasteiger partial charge is 0.330 e. The Morgan fingerprint density at radius 2 is 1.77 bits per heavy atom. The topological polar surface area (TPSA) is 52.6 Å². The molecule has 0 atom stereocenters. The number of carbonyl (C=O) groups excluding carboxylic acids is 2. The van der Waals surface area contributed by atoms with Gasteiger partial charge in [0.1, 0.15) is 13.2 Å². The summed E-state index contributed by atoms with van der Waals surface area (Å²) in [5, 5.41) is 0. The van der Waals surface area contributed by atoms with Crippen molar-refractivity contribution in [2.45, 2.75) is 58.8 Å². The van der Waals surface area contributed by atoms with Gasteiger partial charge in [-0.3, -0.25) is 4.79 Å². The summed E-state index contributed by atoms with van der Waals surface area (Å²) in [6, 6.07) is 0. The Balaban J connectivity index is 2.11. The monoisotopic (exact) mass is 310 g/mol. The van der Waals surface area contributed by atoms with Crippen LogP contribution in [0.5, 0.6) is 0 Å². The van der Waals surface area contributed by atoms with Gasteiger partial charge in [-0.2, -0.15) is 0 Å². The average Bonchev–Trinajstić information content (AvgIpc) is 2.51. The summed E-state index contributed by atoms with van der Waals surface area (Å²) in [4.78, 5) is 22.8. The van der Waals surface area contributed by atoms with Gasteiger partial charge in [-0.05, 0) is 37.5 Å². The Morgan fingerprint density at radius 3 is 2.36 bits per heavy atom. The Bertz CT molecular complexity index is 354. The molecule has 1 rings (SSSR count). The second kappa shape index (κ2) is 10.4. The van der Waals surface area contributed by atoms with Gasteiger partial charge in [-0.1, -0.05) is 39.7 Å². The molecule has 0 aromatic heterocycles. The first kappa shape index (κ1) is 18.7. The number of hydrogen-bond donors (Lipinski definition) is 0. The van der Waals surface area contributed by atoms with Crippen molar-refractivity contribution in [3.8, 4) is 0 Å². The molecule has 4 heteroatoms. The van der Waals surface area contributed by atoms with Gasteiger partial charge in [0.2, 0.25) is 0 Å². The summed E-state index contributed by atoms with van der Waals surface area (Å²) in [6.45, 7) is 8.06. The fourth-order valence-corrected chi connectivity index (χ4v) is 2.96. The van der Waals surface area contributed by atoms with Crippen molar-refractivity contribution in [2.75, 3.05) is 13.2 Å². The van der Waals surface area contributed by atoms with Gasteiger partial charge in [0.05, 0.1) is 5.92 Å². The molecule has 22 heavy (non-hydrogen) atoms. The van der Waals surface area contributed by atoms with E-state index in [1.54, 1.807) is 0 Å². The fourth-order valence-electron chi connectivity index (χ4n) is 2.96. The van der Waals surface area contributed by atoms with E-state index in [0.29, 0.717) is 0 Å². The Morgan fingerprint density at radius 1 is 1.14 bits per heavy atom. The number of esters is 2. The Kier molecular flexibility index (Phi) is 8.86. The standard InChI is InChI=1S/C18H30O4/c1-4-17(19)21-12-13-22-18(20)16-10-8-15(9-11-16)7-5-6-14(2)3/h4,14-16H,1,5-13H2,2-3H3. The minimum absolute atomic E-state index is 0.0245. The predicted octanol–water partition coefficient (Wildman–Crippen LogP) is 3.89. The normalized spacial score (nSPS) is 21.4. The quantitative estimate of drug-likeness (QED) is 0.368. The van der Waals surface area contributed by atoms with Crippen LogP contribution in [0, 0.1) is 17.8 Å². The summed E-state index contributed by atoms with van der Waals surface area (Å²) in [5.41, 5.74) is 0. The average molecular weight is 310 g/mol. The van der Waals surface area contributed by atoms with E-state index >= 15 is 0 Å². The highest BCUT2D eigenvalue weighted by molar-refractivity contribution is 5.81. The molecule has 0 saturated heterocycles. The van der Waals surface area contributed by atoms with Crippen molar-refractivity contribution in [3.63, 3.8) is 0 Å². The van der Waals surface area contributed by atoms with Crippen molar-refractivity contribution in [3.05, 3.63) is 12.7 Å². The van der Waals surface area contributed by atoms with Gasteiger partial charge in [0.15, 0.2) is 0 Å². The second-order valence-corrected chi connectivity index (χ2v) is 6.58. The van der Waals surface area contributed by atoms with E-state index in [9.17, 15) is 9.59 Å². The first-order valence-corrected chi connectivity index (χ1v) is 8.48. The minimum atomic E-state index is -0.488. The van der Waals surface area contributed by atoms with Crippen LogP contribution in [0.3, 0.4) is 0 Å². The molecule has 1 aliphatic rings. The fraction of sp³-hybridized carbons (Fsp3) is 0.778. The maximum Gasteiger partial charge on any atom is 0.330 e. The maximum absolute atomic E-state index is 11.9. The molecule has 0 aromatic rings. The van der Waals surface area contributed by atoms with Crippen LogP contribution >= 0.6 is 0 Å². The van der Waals surface area contributed by atoms with Crippen LogP contribution < -0.4 is 0 Å². The number of ether oxygens (including phenoxy) is 2. The van der Waals surface area contributed by atoms with Crippen LogP contribution in [-0.2, 0) is 19.1 Å². The molecule has 0 radical (unpaired) electrons. The Labute approximate surface area is 134 Å². The molecular formula is C18H30O4. The van der Waals surface area contributed by atoms with E-state index in [1.807, 2.05) is 0 Å². The van der Waals surface area contributed by atoms with Crippen LogP contribution in [0.25, 0.3) is 0 Å². The molecule has 0 bridgehead atoms. The van der Waals surface area contributed by atoms with E-state index in [1.165, 1.54) is 19.3 Å². The number of carbonyl (C=O) groups is 2. The van der Waals surface area contributed by atoms with Crippen molar-refractivity contribution in [1.29, 1.82) is 0 Å². The van der Waals surface area contributed by atoms with Crippen molar-refractivity contribution < 1.29 is 19.1 Å². The lowest BCUT2D eigenvalue weighted by atomic mass is 9.79. The summed E-state index contributed by atoms with van der Waals surface area (Å²) in [6.07, 6.45) is 9.10. The molecule has 4 nitrogen and oxygen atoms in total. The van der Waals surface area contributed by atoms with E-state index in [4.69, 9.17) is 9.47 Å². The zero-order chi connectivity index (χ0) is 16.4. The van der Waals surface area contributed by atoms with Crippen LogP contribution in [0.1, 0.15) is 58.8 Å². The summed E-state index contributed by atoms with van der Waals surface area (Å²) < 4.78 is 9.95. The third kappa shape index (κ3) is 7.62. The SMILES string of the molecule is C=CC(=O)OCCOC(=O)C1CCC(CCCC(C)C)CC1. The van der Waals surface area contributed by atoms with Crippen molar-refractivity contribution >= 4 is 11.9 Å². The molecule has 0 aromatic carbocycles. The van der Waals surface area contributed by atoms with Crippen molar-refractivity contribution in [1.82, 2.24) is 0 Å². The van der Waals surface area contributed by atoms with Gasteiger partial charge in [0.25, 0.3) is 0 Å². The second-order valence-electron chi connectivity index (χ2n) is 6.58. The lowest BCUT2D eigenvalue weighted by molar-refractivity contribution is -0.154. The molecule has 0 heterocycles. The summed E-state index contributed by atoms with van der Waals surface area (Å²) in [7, 11) is 0. The summed E-state index contributed by atoms with van der Waals surface area (Å²) >= 11 is 0. The number of hydrogen-bond acceptors (Lipinski definition) is 4. The van der Waals surface area contributed by atoms with E-state index in [0.717, 1.165) is 43.6 Å². The number of rotatable bonds is 9. The maximum atomic E-state index is 11.9. The van der Waals surface area contributed by atoms with Gasteiger partial charge >= 0.3 is 11.9 Å². The zero-order valence-corrected chi connectivity index (χ0v) is 14.0. The first-order valence-electron chi connectivity index (χ1n) is 8.48. The van der Waals surface area contributed by atoms with Gasteiger partial charge < -0.3 is 9.47 Å². The lowest BCUT2D eigenvalue weighted by Gasteiger charge is -2.27. The van der Waals surface area contributed by atoms with Crippen molar-refractivity contribution in [2.24, 2.45) is 17.8 Å². The van der Waals surface area contributed by atoms with Gasteiger partial charge in [-0.25, -0.2) is 4.79 Å². The summed E-state index contributed by atoms with van der Waals surface area (Å²) in [5.74, 6) is 0.947. The van der Waals surface area contributed by atoms with Gasteiger partial charge in [0, 0.05) is 6.08 Å². The highest BCUT2D eigenvalue weighted by Gasteiger charge is 2.27. The van der Waals surface area contributed by atoms with Crippen LogP contribution in [0.4, 0.5) is 0 Å². The largest absolute Gasteiger partial charge is 0.462 e. The predicted molar refractivity (Wildman–Crippen MR) is 86.3 cm³/mol. The van der Waals surface area contributed by atoms with E-state index in [-0.39, 0.29) is 25.1 Å². The molecule has 126 valence electrons. The van der Waals surface area contributed by atoms with Crippen LogP contribution in [0.15, 0.2) is 12.7 Å². The molecule has 0 amide bonds. The van der Waals surface area contributed by atoms with Gasteiger partial charge in [-0.15, -0.1) is 0 Å². The highest BCUT2D eigenvalue weighted by atomic mass is 16.6. The minimum Gasteiger partial charge on any atom is -0.462 e. The molecule has 1 aliphatic carbocycles. The molecular weight excluding hydrogens is 280 g/mol. The zero-order valence-electron chi connectivity index (χ0n) is 14.0. The van der Waals surface area contributed by atoms with Crippen LogP contribution in [-0.4, -0.2) is 25.2 Å². The lowest BCUT2D eigenvalue weighted by Crippen LogP contribution is -2.25. The molecule has 0 N–H and O–H groups in total. The Hall–Kier alpha value is -1.32. The molecule has 0 spiro atoms. The van der Waals surface area contributed by atoms with Crippen LogP contribution in [0.2, 0.25) is 0 Å². The highest BCUT2D eigenvalue weighted by Crippen LogP contribution is 2.32. The third-order valence-corrected chi connectivity index (χ3v) is 4.31. The molecule has 0 aliphatic heterocycles. The molecule has 1 saturated carbocycles. The van der Waals surface area contributed by atoms with E-state index < -0.39 is 5.97 Å². The van der Waals surface area contributed by atoms with E-state index in [2.05, 4.69) is 20.4 Å². The molecule has 1 fully saturated rings. The first-order chi connectivity index (χ1) is 10.5. The third-order valence-electron chi connectivity index (χ3n) is 4.31. The molecule has 0 unspecified atom stereocenters.